The van der Waals surface area contributed by atoms with Crippen molar-refractivity contribution in [3.05, 3.63) is 27.7 Å². The van der Waals surface area contributed by atoms with E-state index < -0.39 is 0 Å². The molecule has 2 saturated heterocycles. The lowest BCUT2D eigenvalue weighted by Crippen LogP contribution is -2.49. The van der Waals surface area contributed by atoms with Crippen LogP contribution in [-0.4, -0.2) is 52.2 Å². The van der Waals surface area contributed by atoms with Crippen LogP contribution < -0.4 is 0 Å². The monoisotopic (exact) mass is 366 g/mol. The molecular formula is C15H19BrN4S. The van der Waals surface area contributed by atoms with Crippen molar-refractivity contribution in [3.8, 4) is 10.6 Å². The first-order chi connectivity index (χ1) is 10.3. The molecule has 21 heavy (non-hydrogen) atoms. The van der Waals surface area contributed by atoms with Gasteiger partial charge in [-0.1, -0.05) is 0 Å². The summed E-state index contributed by atoms with van der Waals surface area (Å²) in [6, 6.07) is 5.03. The van der Waals surface area contributed by atoms with Crippen LogP contribution in [0.1, 0.15) is 18.4 Å². The highest BCUT2D eigenvalue weighted by Crippen LogP contribution is 2.32. The quantitative estimate of drug-likeness (QED) is 0.905. The number of nitrogens with zero attached hydrogens (tertiary/aromatic N) is 3. The average Bonchev–Trinajstić information content (AvgIpc) is 3.18. The van der Waals surface area contributed by atoms with E-state index in [-0.39, 0.29) is 0 Å². The van der Waals surface area contributed by atoms with Crippen LogP contribution in [0.4, 0.5) is 0 Å². The SMILES string of the molecule is Brc1ccc(-c2[nH]ncc2CN2CCN3CCCC3C2)s1. The zero-order chi connectivity index (χ0) is 14.2. The number of thiophene rings is 1. The van der Waals surface area contributed by atoms with Gasteiger partial charge in [0.2, 0.25) is 0 Å². The van der Waals surface area contributed by atoms with Gasteiger partial charge in [0.05, 0.1) is 20.6 Å². The molecule has 6 heteroatoms. The lowest BCUT2D eigenvalue weighted by Gasteiger charge is -2.37. The third-order valence-corrected chi connectivity index (χ3v) is 6.24. The fourth-order valence-electron chi connectivity index (χ4n) is 3.53. The van der Waals surface area contributed by atoms with E-state index in [0.717, 1.165) is 16.4 Å². The highest BCUT2D eigenvalue weighted by atomic mass is 79.9. The molecule has 0 aromatic carbocycles. The van der Waals surface area contributed by atoms with Gasteiger partial charge in [0, 0.05) is 37.8 Å². The van der Waals surface area contributed by atoms with Crippen molar-refractivity contribution in [2.75, 3.05) is 26.2 Å². The summed E-state index contributed by atoms with van der Waals surface area (Å²) >= 11 is 5.30. The number of aromatic nitrogens is 2. The normalized spacial score (nSPS) is 23.6. The second kappa shape index (κ2) is 5.83. The largest absolute Gasteiger partial charge is 0.298 e. The third-order valence-electron chi connectivity index (χ3n) is 4.60. The maximum atomic E-state index is 4.27. The van der Waals surface area contributed by atoms with Gasteiger partial charge in [0.1, 0.15) is 0 Å². The second-order valence-electron chi connectivity index (χ2n) is 5.94. The van der Waals surface area contributed by atoms with Gasteiger partial charge in [-0.2, -0.15) is 5.10 Å². The maximum absolute atomic E-state index is 4.27. The summed E-state index contributed by atoms with van der Waals surface area (Å²) in [4.78, 5) is 6.50. The molecule has 2 aliphatic rings. The number of hydrogen-bond donors (Lipinski definition) is 1. The molecule has 112 valence electrons. The van der Waals surface area contributed by atoms with E-state index in [4.69, 9.17) is 0 Å². The number of hydrogen-bond acceptors (Lipinski definition) is 4. The summed E-state index contributed by atoms with van der Waals surface area (Å²) in [6.07, 6.45) is 4.73. The Morgan fingerprint density at radius 2 is 2.29 bits per heavy atom. The molecular weight excluding hydrogens is 348 g/mol. The molecule has 1 N–H and O–H groups in total. The smallest absolute Gasteiger partial charge is 0.0795 e. The van der Waals surface area contributed by atoms with Crippen LogP contribution in [0.3, 0.4) is 0 Å². The number of piperazine rings is 1. The van der Waals surface area contributed by atoms with Crippen LogP contribution in [0.15, 0.2) is 22.1 Å². The minimum absolute atomic E-state index is 0.782. The summed E-state index contributed by atoms with van der Waals surface area (Å²) in [5, 5.41) is 7.44. The van der Waals surface area contributed by atoms with Gasteiger partial charge in [-0.05, 0) is 47.4 Å². The van der Waals surface area contributed by atoms with Gasteiger partial charge in [0.15, 0.2) is 0 Å². The number of rotatable bonds is 3. The fraction of sp³-hybridized carbons (Fsp3) is 0.533. The van der Waals surface area contributed by atoms with E-state index >= 15 is 0 Å². The molecule has 1 unspecified atom stereocenters. The van der Waals surface area contributed by atoms with E-state index in [1.165, 1.54) is 55.2 Å². The molecule has 0 radical (unpaired) electrons. The summed E-state index contributed by atoms with van der Waals surface area (Å²) in [5.41, 5.74) is 2.50. The summed E-state index contributed by atoms with van der Waals surface area (Å²) in [6.45, 7) is 5.92. The highest BCUT2D eigenvalue weighted by Gasteiger charge is 2.30. The molecule has 4 nitrogen and oxygen atoms in total. The molecule has 2 fully saturated rings. The Hall–Kier alpha value is -0.690. The number of halogens is 1. The van der Waals surface area contributed by atoms with Gasteiger partial charge in [-0.15, -0.1) is 11.3 Å². The zero-order valence-electron chi connectivity index (χ0n) is 11.9. The number of aromatic amines is 1. The minimum atomic E-state index is 0.782. The van der Waals surface area contributed by atoms with Crippen LogP contribution in [0.25, 0.3) is 10.6 Å². The summed E-state index contributed by atoms with van der Waals surface area (Å²) < 4.78 is 1.16. The van der Waals surface area contributed by atoms with Crippen molar-refractivity contribution in [1.82, 2.24) is 20.0 Å². The third kappa shape index (κ3) is 2.82. The van der Waals surface area contributed by atoms with Crippen molar-refractivity contribution in [1.29, 1.82) is 0 Å². The number of nitrogens with one attached hydrogen (secondary N) is 1. The molecule has 0 saturated carbocycles. The van der Waals surface area contributed by atoms with Crippen LogP contribution in [0.5, 0.6) is 0 Å². The lowest BCUT2D eigenvalue weighted by molar-refractivity contribution is 0.0995. The maximum Gasteiger partial charge on any atom is 0.0795 e. The molecule has 1 atom stereocenters. The molecule has 4 rings (SSSR count). The molecule has 2 aromatic heterocycles. The van der Waals surface area contributed by atoms with Gasteiger partial charge < -0.3 is 0 Å². The average molecular weight is 367 g/mol. The van der Waals surface area contributed by atoms with Crippen molar-refractivity contribution in [2.45, 2.75) is 25.4 Å². The molecule has 0 spiro atoms. The van der Waals surface area contributed by atoms with Crippen molar-refractivity contribution < 1.29 is 0 Å². The summed E-state index contributed by atoms with van der Waals surface area (Å²) in [7, 11) is 0. The van der Waals surface area contributed by atoms with E-state index in [2.05, 4.69) is 48.1 Å². The van der Waals surface area contributed by atoms with Crippen molar-refractivity contribution >= 4 is 27.3 Å². The van der Waals surface area contributed by atoms with Gasteiger partial charge in [0.25, 0.3) is 0 Å². The Morgan fingerprint density at radius 3 is 3.14 bits per heavy atom. The highest BCUT2D eigenvalue weighted by molar-refractivity contribution is 9.11. The summed E-state index contributed by atoms with van der Waals surface area (Å²) in [5.74, 6) is 0. The van der Waals surface area contributed by atoms with Crippen molar-refractivity contribution in [2.24, 2.45) is 0 Å². The molecule has 2 aliphatic heterocycles. The van der Waals surface area contributed by atoms with Crippen LogP contribution >= 0.6 is 27.3 Å². The van der Waals surface area contributed by atoms with E-state index in [0.29, 0.717) is 0 Å². The zero-order valence-corrected chi connectivity index (χ0v) is 14.3. The fourth-order valence-corrected chi connectivity index (χ4v) is 4.95. The van der Waals surface area contributed by atoms with Crippen LogP contribution in [0, 0.1) is 0 Å². The Morgan fingerprint density at radius 1 is 1.33 bits per heavy atom. The molecule has 4 heterocycles. The molecule has 0 amide bonds. The van der Waals surface area contributed by atoms with E-state index in [9.17, 15) is 0 Å². The Bertz CT molecular complexity index is 623. The Kier molecular flexibility index (Phi) is 3.87. The van der Waals surface area contributed by atoms with Crippen molar-refractivity contribution in [3.63, 3.8) is 0 Å². The Balaban J connectivity index is 1.49. The lowest BCUT2D eigenvalue weighted by atomic mass is 10.1. The first kappa shape index (κ1) is 13.9. The minimum Gasteiger partial charge on any atom is -0.298 e. The molecule has 2 aromatic rings. The van der Waals surface area contributed by atoms with Gasteiger partial charge in [-0.25, -0.2) is 0 Å². The van der Waals surface area contributed by atoms with E-state index in [1.54, 1.807) is 11.3 Å². The Labute approximate surface area is 137 Å². The molecule has 0 bridgehead atoms. The topological polar surface area (TPSA) is 35.2 Å². The predicted octanol–water partition coefficient (Wildman–Crippen LogP) is 3.18. The van der Waals surface area contributed by atoms with Crippen LogP contribution in [0.2, 0.25) is 0 Å². The predicted molar refractivity (Wildman–Crippen MR) is 89.5 cm³/mol. The van der Waals surface area contributed by atoms with E-state index in [1.807, 2.05) is 6.20 Å². The molecule has 0 aliphatic carbocycles. The number of H-pyrrole nitrogens is 1. The first-order valence-corrected chi connectivity index (χ1v) is 9.15. The van der Waals surface area contributed by atoms with Crippen LogP contribution in [-0.2, 0) is 6.54 Å². The van der Waals surface area contributed by atoms with Gasteiger partial charge in [-0.3, -0.25) is 14.9 Å². The first-order valence-electron chi connectivity index (χ1n) is 7.54. The van der Waals surface area contributed by atoms with Gasteiger partial charge >= 0.3 is 0 Å². The standard InChI is InChI=1S/C15H19BrN4S/c16-14-4-3-13(21-14)15-11(8-17-18-15)9-19-6-7-20-5-1-2-12(20)10-19/h3-4,8,12H,1-2,5-7,9-10H2,(H,17,18). The second-order valence-corrected chi connectivity index (χ2v) is 8.40. The number of fused-ring (bicyclic) bond motifs is 1.